The zero-order valence-corrected chi connectivity index (χ0v) is 8.96. The van der Waals surface area contributed by atoms with Gasteiger partial charge < -0.3 is 9.64 Å². The van der Waals surface area contributed by atoms with Gasteiger partial charge in [-0.05, 0) is 19.3 Å². The van der Waals surface area contributed by atoms with E-state index in [0.29, 0.717) is 5.15 Å². The van der Waals surface area contributed by atoms with Crippen molar-refractivity contribution in [3.63, 3.8) is 0 Å². The summed E-state index contributed by atoms with van der Waals surface area (Å²) >= 11 is 5.61. The number of piperidine rings is 1. The van der Waals surface area contributed by atoms with E-state index >= 15 is 0 Å². The first-order chi connectivity index (χ1) is 7.25. The lowest BCUT2D eigenvalue weighted by atomic mass is 10.1. The van der Waals surface area contributed by atoms with Crippen LogP contribution in [0.3, 0.4) is 0 Å². The van der Waals surface area contributed by atoms with Gasteiger partial charge in [-0.2, -0.15) is 0 Å². The Morgan fingerprint density at radius 1 is 1.47 bits per heavy atom. The van der Waals surface area contributed by atoms with Crippen LogP contribution in [0.15, 0.2) is 6.20 Å². The molecule has 2 rings (SSSR count). The van der Waals surface area contributed by atoms with Gasteiger partial charge in [-0.1, -0.05) is 11.6 Å². The normalized spacial score (nSPS) is 16.5. The van der Waals surface area contributed by atoms with Crippen LogP contribution in [0, 0.1) is 0 Å². The monoisotopic (exact) mass is 229 g/mol. The van der Waals surface area contributed by atoms with E-state index < -0.39 is 0 Å². The number of likely N-dealkylation sites (tertiary alicyclic amines) is 1. The summed E-state index contributed by atoms with van der Waals surface area (Å²) in [5.41, 5.74) is 0. The van der Waals surface area contributed by atoms with Gasteiger partial charge in [0.05, 0.1) is 6.20 Å². The molecule has 0 aromatic carbocycles. The van der Waals surface area contributed by atoms with Crippen molar-refractivity contribution in [3.05, 3.63) is 11.3 Å². The van der Waals surface area contributed by atoms with Gasteiger partial charge in [0.25, 0.3) is 0 Å². The lowest BCUT2D eigenvalue weighted by molar-refractivity contribution is 0.139. The van der Waals surface area contributed by atoms with Crippen LogP contribution >= 0.6 is 11.6 Å². The third kappa shape index (κ3) is 2.62. The number of ether oxygens (including phenoxy) is 1. The van der Waals surface area contributed by atoms with Gasteiger partial charge in [-0.25, -0.2) is 9.78 Å². The number of amides is 1. The molecule has 0 aliphatic carbocycles. The van der Waals surface area contributed by atoms with Crippen LogP contribution in [0.25, 0.3) is 0 Å². The summed E-state index contributed by atoms with van der Waals surface area (Å²) in [7, 11) is 0. The van der Waals surface area contributed by atoms with Crippen molar-refractivity contribution in [2.45, 2.75) is 19.3 Å². The predicted octanol–water partition coefficient (Wildman–Crippen LogP) is 2.05. The fraction of sp³-hybridized carbons (Fsp3) is 0.556. The molecule has 1 aromatic heterocycles. The smallest absolute Gasteiger partial charge is 0.375 e. The highest BCUT2D eigenvalue weighted by molar-refractivity contribution is 6.29. The molecule has 0 spiro atoms. The van der Waals surface area contributed by atoms with Crippen molar-refractivity contribution in [1.82, 2.24) is 14.9 Å². The topological polar surface area (TPSA) is 58.2 Å². The SMILES string of the molecule is O=C(Oc1ncc(Cl)[nH]1)N1CCCCC1. The van der Waals surface area contributed by atoms with Crippen molar-refractivity contribution in [2.24, 2.45) is 0 Å². The fourth-order valence-corrected chi connectivity index (χ4v) is 1.69. The lowest BCUT2D eigenvalue weighted by Gasteiger charge is -2.24. The van der Waals surface area contributed by atoms with E-state index in [1.54, 1.807) is 4.90 Å². The molecular weight excluding hydrogens is 218 g/mol. The molecule has 6 heteroatoms. The molecule has 2 heterocycles. The van der Waals surface area contributed by atoms with Crippen molar-refractivity contribution in [2.75, 3.05) is 13.1 Å². The number of hydrogen-bond donors (Lipinski definition) is 1. The standard InChI is InChI=1S/C9H12ClN3O2/c10-7-6-11-8(12-7)15-9(14)13-4-2-1-3-5-13/h6H,1-5H2,(H,11,12). The van der Waals surface area contributed by atoms with Gasteiger partial charge >= 0.3 is 12.1 Å². The molecule has 0 unspecified atom stereocenters. The average molecular weight is 230 g/mol. The molecule has 0 bridgehead atoms. The number of nitrogens with zero attached hydrogens (tertiary/aromatic N) is 2. The predicted molar refractivity (Wildman–Crippen MR) is 55.0 cm³/mol. The molecule has 1 aliphatic rings. The molecule has 5 nitrogen and oxygen atoms in total. The molecule has 0 radical (unpaired) electrons. The number of halogens is 1. The van der Waals surface area contributed by atoms with Crippen LogP contribution in [-0.4, -0.2) is 34.1 Å². The molecule has 0 atom stereocenters. The number of hydrogen-bond acceptors (Lipinski definition) is 3. The second kappa shape index (κ2) is 4.53. The third-order valence-electron chi connectivity index (χ3n) is 2.32. The largest absolute Gasteiger partial charge is 0.417 e. The van der Waals surface area contributed by atoms with Crippen LogP contribution in [0.2, 0.25) is 5.15 Å². The number of nitrogens with one attached hydrogen (secondary N) is 1. The van der Waals surface area contributed by atoms with Gasteiger partial charge in [0.2, 0.25) is 0 Å². The van der Waals surface area contributed by atoms with E-state index in [9.17, 15) is 4.79 Å². The Morgan fingerprint density at radius 2 is 2.20 bits per heavy atom. The van der Waals surface area contributed by atoms with Crippen molar-refractivity contribution >= 4 is 17.7 Å². The number of aromatic nitrogens is 2. The maximum absolute atomic E-state index is 11.6. The third-order valence-corrected chi connectivity index (χ3v) is 2.51. The summed E-state index contributed by atoms with van der Waals surface area (Å²) in [6.45, 7) is 1.51. The van der Waals surface area contributed by atoms with E-state index in [2.05, 4.69) is 9.97 Å². The number of carbonyl (C=O) groups excluding carboxylic acids is 1. The van der Waals surface area contributed by atoms with Crippen LogP contribution in [-0.2, 0) is 0 Å². The number of aromatic amines is 1. The summed E-state index contributed by atoms with van der Waals surface area (Å²) in [6, 6.07) is 0.149. The molecule has 82 valence electrons. The van der Waals surface area contributed by atoms with Crippen LogP contribution in [0.4, 0.5) is 4.79 Å². The highest BCUT2D eigenvalue weighted by atomic mass is 35.5. The fourth-order valence-electron chi connectivity index (χ4n) is 1.56. The van der Waals surface area contributed by atoms with Gasteiger partial charge in [-0.15, -0.1) is 0 Å². The summed E-state index contributed by atoms with van der Waals surface area (Å²) in [5, 5.41) is 0.358. The quantitative estimate of drug-likeness (QED) is 0.802. The summed E-state index contributed by atoms with van der Waals surface area (Å²) < 4.78 is 5.01. The molecule has 15 heavy (non-hydrogen) atoms. The molecule has 1 fully saturated rings. The van der Waals surface area contributed by atoms with Gasteiger partial charge in [0, 0.05) is 13.1 Å². The molecule has 1 aliphatic heterocycles. The Morgan fingerprint density at radius 3 is 2.80 bits per heavy atom. The highest BCUT2D eigenvalue weighted by Crippen LogP contribution is 2.13. The Kier molecular flexibility index (Phi) is 3.11. The van der Waals surface area contributed by atoms with E-state index in [0.717, 1.165) is 25.9 Å². The summed E-state index contributed by atoms with van der Waals surface area (Å²) in [6.07, 6.45) is 4.29. The van der Waals surface area contributed by atoms with Gasteiger partial charge in [0.1, 0.15) is 5.15 Å². The first-order valence-electron chi connectivity index (χ1n) is 4.93. The van der Waals surface area contributed by atoms with E-state index in [-0.39, 0.29) is 12.1 Å². The maximum Gasteiger partial charge on any atom is 0.417 e. The van der Waals surface area contributed by atoms with Crippen molar-refractivity contribution < 1.29 is 9.53 Å². The highest BCUT2D eigenvalue weighted by Gasteiger charge is 2.19. The minimum Gasteiger partial charge on any atom is -0.375 e. The van der Waals surface area contributed by atoms with Gasteiger partial charge in [-0.3, -0.25) is 4.98 Å². The zero-order chi connectivity index (χ0) is 10.7. The van der Waals surface area contributed by atoms with Crippen LogP contribution in [0.5, 0.6) is 6.01 Å². The first-order valence-corrected chi connectivity index (χ1v) is 5.31. The molecule has 1 aromatic rings. The van der Waals surface area contributed by atoms with Crippen LogP contribution in [0.1, 0.15) is 19.3 Å². The number of imidazole rings is 1. The molecular formula is C9H12ClN3O2. The molecule has 1 amide bonds. The zero-order valence-electron chi connectivity index (χ0n) is 8.20. The average Bonchev–Trinajstić information content (AvgIpc) is 2.65. The Balaban J connectivity index is 1.91. The Bertz CT molecular complexity index is 347. The van der Waals surface area contributed by atoms with Crippen molar-refractivity contribution in [1.29, 1.82) is 0 Å². The summed E-state index contributed by atoms with van der Waals surface area (Å²) in [4.78, 5) is 19.7. The first kappa shape index (κ1) is 10.3. The number of carbonyl (C=O) groups is 1. The van der Waals surface area contributed by atoms with Crippen LogP contribution < -0.4 is 4.74 Å². The summed E-state index contributed by atoms with van der Waals surface area (Å²) in [5.74, 6) is 0. The Hall–Kier alpha value is -1.23. The van der Waals surface area contributed by atoms with E-state index in [4.69, 9.17) is 16.3 Å². The minimum absolute atomic E-state index is 0.149. The van der Waals surface area contributed by atoms with Crippen molar-refractivity contribution in [3.8, 4) is 6.01 Å². The molecule has 0 saturated carbocycles. The number of H-pyrrole nitrogens is 1. The van der Waals surface area contributed by atoms with Gasteiger partial charge in [0.15, 0.2) is 0 Å². The van der Waals surface area contributed by atoms with E-state index in [1.807, 2.05) is 0 Å². The molecule has 1 saturated heterocycles. The Labute approximate surface area is 92.4 Å². The lowest BCUT2D eigenvalue weighted by Crippen LogP contribution is -2.37. The maximum atomic E-state index is 11.6. The second-order valence-electron chi connectivity index (χ2n) is 3.45. The number of rotatable bonds is 1. The molecule has 1 N–H and O–H groups in total. The van der Waals surface area contributed by atoms with E-state index in [1.165, 1.54) is 12.6 Å². The minimum atomic E-state index is -0.360. The second-order valence-corrected chi connectivity index (χ2v) is 3.86.